The van der Waals surface area contributed by atoms with Crippen molar-refractivity contribution < 1.29 is 9.21 Å². The predicted molar refractivity (Wildman–Crippen MR) is 118 cm³/mol. The second-order valence-electron chi connectivity index (χ2n) is 6.65. The number of halogens is 1. The Morgan fingerprint density at radius 3 is 2.79 bits per heavy atom. The molecular weight excluding hydrogens is 452 g/mol. The Labute approximate surface area is 180 Å². The van der Waals surface area contributed by atoms with Crippen LogP contribution in [-0.2, 0) is 11.8 Å². The van der Waals surface area contributed by atoms with Gasteiger partial charge in [0.2, 0.25) is 5.91 Å². The van der Waals surface area contributed by atoms with Gasteiger partial charge in [0, 0.05) is 16.9 Å². The molecule has 148 valence electrons. The van der Waals surface area contributed by atoms with Crippen LogP contribution in [0.1, 0.15) is 18.5 Å². The van der Waals surface area contributed by atoms with E-state index < -0.39 is 0 Å². The Kier molecular flexibility index (Phi) is 5.73. The van der Waals surface area contributed by atoms with E-state index in [-0.39, 0.29) is 17.7 Å². The Bertz CT molecular complexity index is 1160. The van der Waals surface area contributed by atoms with Gasteiger partial charge < -0.3 is 14.3 Å². The van der Waals surface area contributed by atoms with Gasteiger partial charge in [-0.3, -0.25) is 4.79 Å². The first-order chi connectivity index (χ1) is 14.0. The molecule has 0 saturated carbocycles. The summed E-state index contributed by atoms with van der Waals surface area (Å²) < 4.78 is 8.72. The summed E-state index contributed by atoms with van der Waals surface area (Å²) in [6.45, 7) is 1.97. The summed E-state index contributed by atoms with van der Waals surface area (Å²) in [5.74, 6) is 1.47. The zero-order chi connectivity index (χ0) is 20.4. The van der Waals surface area contributed by atoms with Crippen LogP contribution in [0.25, 0.3) is 22.6 Å². The first-order valence-corrected chi connectivity index (χ1v) is 10.8. The highest BCUT2D eigenvalue weighted by Gasteiger charge is 2.17. The van der Waals surface area contributed by atoms with Gasteiger partial charge in [-0.05, 0) is 36.8 Å². The van der Waals surface area contributed by atoms with Gasteiger partial charge in [-0.25, -0.2) is 0 Å². The highest BCUT2D eigenvalue weighted by molar-refractivity contribution is 9.10. The monoisotopic (exact) mass is 470 g/mol. The number of carbonyl (C=O) groups excluding carboxylic acids is 1. The van der Waals surface area contributed by atoms with E-state index in [0.717, 1.165) is 21.0 Å². The van der Waals surface area contributed by atoms with Gasteiger partial charge in [-0.1, -0.05) is 58.0 Å². The molecule has 2 aromatic heterocycles. The van der Waals surface area contributed by atoms with Gasteiger partial charge in [0.1, 0.15) is 5.58 Å². The fourth-order valence-electron chi connectivity index (χ4n) is 3.02. The Morgan fingerprint density at radius 1 is 1.21 bits per heavy atom. The van der Waals surface area contributed by atoms with Crippen LogP contribution in [0.4, 0.5) is 0 Å². The molecule has 0 bridgehead atoms. The number of aromatic nitrogens is 3. The molecular formula is C21H19BrN4O2S. The van der Waals surface area contributed by atoms with Gasteiger partial charge in [0.05, 0.1) is 11.8 Å². The second kappa shape index (κ2) is 8.42. The molecule has 1 N–H and O–H groups in total. The van der Waals surface area contributed by atoms with Crippen LogP contribution in [-0.4, -0.2) is 26.4 Å². The van der Waals surface area contributed by atoms with Crippen molar-refractivity contribution in [1.29, 1.82) is 0 Å². The lowest BCUT2D eigenvalue weighted by Crippen LogP contribution is -2.28. The Balaban J connectivity index is 1.42. The highest BCUT2D eigenvalue weighted by atomic mass is 79.9. The van der Waals surface area contributed by atoms with E-state index in [0.29, 0.717) is 16.7 Å². The number of hydrogen-bond acceptors (Lipinski definition) is 5. The molecule has 29 heavy (non-hydrogen) atoms. The van der Waals surface area contributed by atoms with Crippen LogP contribution in [0.5, 0.6) is 0 Å². The third-order valence-corrected chi connectivity index (χ3v) is 6.06. The highest BCUT2D eigenvalue weighted by Crippen LogP contribution is 2.30. The number of fused-ring (bicyclic) bond motifs is 1. The molecule has 2 aromatic carbocycles. The minimum absolute atomic E-state index is 0.0470. The van der Waals surface area contributed by atoms with E-state index in [4.69, 9.17) is 4.42 Å². The van der Waals surface area contributed by atoms with Crippen LogP contribution in [0, 0.1) is 0 Å². The van der Waals surface area contributed by atoms with Gasteiger partial charge >= 0.3 is 0 Å². The lowest BCUT2D eigenvalue weighted by atomic mass is 10.1. The number of thioether (sulfide) groups is 1. The van der Waals surface area contributed by atoms with Crippen molar-refractivity contribution in [2.45, 2.75) is 18.1 Å². The van der Waals surface area contributed by atoms with Gasteiger partial charge in [0.25, 0.3) is 0 Å². The van der Waals surface area contributed by atoms with Crippen molar-refractivity contribution in [2.24, 2.45) is 7.05 Å². The lowest BCUT2D eigenvalue weighted by Gasteiger charge is -2.13. The summed E-state index contributed by atoms with van der Waals surface area (Å²) in [6.07, 6.45) is 0. The number of furan rings is 1. The van der Waals surface area contributed by atoms with Crippen molar-refractivity contribution in [3.8, 4) is 11.6 Å². The number of nitrogens with one attached hydrogen (secondary N) is 1. The molecule has 4 aromatic rings. The fraction of sp³-hybridized carbons (Fsp3) is 0.190. The number of rotatable bonds is 6. The lowest BCUT2D eigenvalue weighted by molar-refractivity contribution is -0.119. The first kappa shape index (κ1) is 19.7. The smallest absolute Gasteiger partial charge is 0.230 e. The van der Waals surface area contributed by atoms with Gasteiger partial charge in [-0.15, -0.1) is 10.2 Å². The van der Waals surface area contributed by atoms with E-state index in [1.165, 1.54) is 11.8 Å². The van der Waals surface area contributed by atoms with Crippen LogP contribution < -0.4 is 5.32 Å². The largest absolute Gasteiger partial charge is 0.453 e. The molecule has 6 nitrogen and oxygen atoms in total. The van der Waals surface area contributed by atoms with E-state index in [9.17, 15) is 4.79 Å². The van der Waals surface area contributed by atoms with Crippen LogP contribution in [0.2, 0.25) is 0 Å². The average Bonchev–Trinajstić information content (AvgIpc) is 3.29. The number of hydrogen-bond donors (Lipinski definition) is 1. The molecule has 0 aliphatic rings. The molecule has 0 aliphatic heterocycles. The average molecular weight is 471 g/mol. The van der Waals surface area contributed by atoms with Crippen LogP contribution in [0.3, 0.4) is 0 Å². The summed E-state index contributed by atoms with van der Waals surface area (Å²) >= 11 is 4.81. The quantitative estimate of drug-likeness (QED) is 0.403. The number of carbonyl (C=O) groups is 1. The SMILES string of the molecule is C[C@@H](NC(=O)CSc1nnc(-c2cc3cc(Br)ccc3o2)n1C)c1ccccc1. The molecule has 1 amide bonds. The molecule has 0 aliphatic carbocycles. The van der Waals surface area contributed by atoms with Crippen molar-refractivity contribution in [2.75, 3.05) is 5.75 Å². The van der Waals surface area contributed by atoms with E-state index in [2.05, 4.69) is 31.4 Å². The van der Waals surface area contributed by atoms with E-state index in [1.54, 1.807) is 0 Å². The molecule has 0 fully saturated rings. The number of benzene rings is 2. The molecule has 1 atom stereocenters. The minimum Gasteiger partial charge on any atom is -0.453 e. The predicted octanol–water partition coefficient (Wildman–Crippen LogP) is 4.96. The Morgan fingerprint density at radius 2 is 2.00 bits per heavy atom. The van der Waals surface area contributed by atoms with Crippen LogP contribution >= 0.6 is 27.7 Å². The van der Waals surface area contributed by atoms with Crippen molar-refractivity contribution in [1.82, 2.24) is 20.1 Å². The van der Waals surface area contributed by atoms with Crippen molar-refractivity contribution in [3.05, 3.63) is 64.6 Å². The minimum atomic E-state index is -0.0514. The summed E-state index contributed by atoms with van der Waals surface area (Å²) in [5, 5.41) is 13.1. The fourth-order valence-corrected chi connectivity index (χ4v) is 4.12. The molecule has 2 heterocycles. The second-order valence-corrected chi connectivity index (χ2v) is 8.50. The summed E-state index contributed by atoms with van der Waals surface area (Å²) in [4.78, 5) is 12.3. The summed E-state index contributed by atoms with van der Waals surface area (Å²) in [6, 6.07) is 17.6. The zero-order valence-electron chi connectivity index (χ0n) is 15.9. The summed E-state index contributed by atoms with van der Waals surface area (Å²) in [7, 11) is 1.87. The van der Waals surface area contributed by atoms with Crippen LogP contribution in [0.15, 0.2) is 68.6 Å². The normalized spacial score (nSPS) is 12.2. The third-order valence-electron chi connectivity index (χ3n) is 4.54. The maximum atomic E-state index is 12.3. The van der Waals surface area contributed by atoms with Crippen molar-refractivity contribution in [3.63, 3.8) is 0 Å². The number of nitrogens with zero attached hydrogens (tertiary/aromatic N) is 3. The first-order valence-electron chi connectivity index (χ1n) is 9.07. The Hall–Kier alpha value is -2.58. The number of amides is 1. The van der Waals surface area contributed by atoms with Crippen molar-refractivity contribution >= 4 is 44.6 Å². The zero-order valence-corrected chi connectivity index (χ0v) is 18.3. The maximum Gasteiger partial charge on any atom is 0.230 e. The van der Waals surface area contributed by atoms with Gasteiger partial charge in [-0.2, -0.15) is 0 Å². The van der Waals surface area contributed by atoms with E-state index in [1.807, 2.05) is 73.1 Å². The molecule has 4 rings (SSSR count). The molecule has 0 unspecified atom stereocenters. The molecule has 8 heteroatoms. The topological polar surface area (TPSA) is 73.0 Å². The molecule has 0 spiro atoms. The standard InChI is InChI=1S/C21H19BrN4O2S/c1-13(14-6-4-3-5-7-14)23-19(27)12-29-21-25-24-20(26(21)2)18-11-15-10-16(22)8-9-17(15)28-18/h3-11,13H,12H2,1-2H3,(H,23,27)/t13-/m1/s1. The summed E-state index contributed by atoms with van der Waals surface area (Å²) in [5.41, 5.74) is 1.86. The maximum absolute atomic E-state index is 12.3. The van der Waals surface area contributed by atoms with Gasteiger partial charge in [0.15, 0.2) is 16.7 Å². The molecule has 0 radical (unpaired) electrons. The molecule has 0 saturated heterocycles. The third kappa shape index (κ3) is 4.38. The van der Waals surface area contributed by atoms with E-state index >= 15 is 0 Å².